The molecule has 8 heteroatoms. The van der Waals surface area contributed by atoms with Crippen LogP contribution < -0.4 is 11.1 Å². The highest BCUT2D eigenvalue weighted by atomic mass is 35.5. The molecule has 3 rings (SSSR count). The van der Waals surface area contributed by atoms with E-state index in [1.165, 1.54) is 0 Å². The van der Waals surface area contributed by atoms with Gasteiger partial charge in [-0.1, -0.05) is 19.0 Å². The Bertz CT molecular complexity index is 981. The van der Waals surface area contributed by atoms with Gasteiger partial charge in [-0.05, 0) is 45.7 Å². The van der Waals surface area contributed by atoms with Gasteiger partial charge in [0.05, 0.1) is 27.9 Å². The van der Waals surface area contributed by atoms with E-state index >= 15 is 0 Å². The molecule has 0 saturated carbocycles. The molecule has 0 aliphatic rings. The van der Waals surface area contributed by atoms with Crippen molar-refractivity contribution in [1.82, 2.24) is 15.5 Å². The van der Waals surface area contributed by atoms with E-state index in [9.17, 15) is 4.79 Å². The van der Waals surface area contributed by atoms with E-state index in [1.807, 2.05) is 33.8 Å². The lowest BCUT2D eigenvalue weighted by Gasteiger charge is -2.31. The number of nitrogens with one attached hydrogen (secondary N) is 1. The molecule has 152 valence electrons. The first-order valence-corrected chi connectivity index (χ1v) is 9.21. The summed E-state index contributed by atoms with van der Waals surface area (Å²) in [6, 6.07) is 3.67. The molecular formula is C20H27ClN4O3. The maximum absolute atomic E-state index is 13.2. The molecule has 0 aliphatic heterocycles. The molecule has 3 N–H and O–H groups in total. The molecule has 0 aliphatic carbocycles. The first kappa shape index (κ1) is 21.9. The monoisotopic (exact) mass is 406 g/mol. The summed E-state index contributed by atoms with van der Waals surface area (Å²) in [4.78, 5) is 17.7. The van der Waals surface area contributed by atoms with E-state index in [-0.39, 0.29) is 18.3 Å². The molecule has 0 saturated heterocycles. The Hall–Kier alpha value is -2.38. The quantitative estimate of drug-likeness (QED) is 0.638. The third-order valence-electron chi connectivity index (χ3n) is 5.30. The molecule has 3 aromatic heterocycles. The Morgan fingerprint density at radius 2 is 1.89 bits per heavy atom. The highest BCUT2D eigenvalue weighted by Gasteiger charge is 2.29. The SMILES string of the molecule is CCC(CC)(CN)NC(=O)c1cc(-c2cc(C)oc2C)nc2onc(C)c12.Cl. The van der Waals surface area contributed by atoms with Gasteiger partial charge in [-0.3, -0.25) is 4.79 Å². The molecule has 0 bridgehead atoms. The molecule has 0 aromatic carbocycles. The fraction of sp³-hybridized carbons (Fsp3) is 0.450. The molecule has 0 atom stereocenters. The molecule has 0 unspecified atom stereocenters. The molecule has 28 heavy (non-hydrogen) atoms. The van der Waals surface area contributed by atoms with Gasteiger partial charge in [0, 0.05) is 12.1 Å². The predicted molar refractivity (Wildman–Crippen MR) is 111 cm³/mol. The van der Waals surface area contributed by atoms with Crippen LogP contribution in [-0.2, 0) is 0 Å². The van der Waals surface area contributed by atoms with Gasteiger partial charge in [-0.25, -0.2) is 4.98 Å². The van der Waals surface area contributed by atoms with Crippen LogP contribution in [0.15, 0.2) is 21.1 Å². The number of hydrogen-bond donors (Lipinski definition) is 2. The van der Waals surface area contributed by atoms with Crippen LogP contribution in [0.25, 0.3) is 22.4 Å². The number of rotatable bonds is 6. The van der Waals surface area contributed by atoms with Crippen molar-refractivity contribution < 1.29 is 13.7 Å². The molecule has 0 spiro atoms. The number of amides is 1. The van der Waals surface area contributed by atoms with Crippen LogP contribution in [0.5, 0.6) is 0 Å². The number of aromatic nitrogens is 2. The summed E-state index contributed by atoms with van der Waals surface area (Å²) >= 11 is 0. The lowest BCUT2D eigenvalue weighted by molar-refractivity contribution is 0.0897. The Balaban J connectivity index is 0.00000280. The standard InChI is InChI=1S/C20H26N4O3.ClH/c1-6-20(7-2,10-21)23-18(25)15-9-16(14-8-11(3)26-13(14)5)22-19-17(15)12(4)24-27-19;/h8-9H,6-7,10,21H2,1-5H3,(H,23,25);1H. The van der Waals surface area contributed by atoms with Crippen molar-refractivity contribution in [2.45, 2.75) is 53.0 Å². The number of fused-ring (bicyclic) bond motifs is 1. The number of aryl methyl sites for hydroxylation is 3. The van der Waals surface area contributed by atoms with E-state index in [4.69, 9.17) is 14.7 Å². The third kappa shape index (κ3) is 3.77. The summed E-state index contributed by atoms with van der Waals surface area (Å²) in [6.07, 6.45) is 1.49. The maximum Gasteiger partial charge on any atom is 0.259 e. The Labute approximate surface area is 170 Å². The van der Waals surface area contributed by atoms with Crippen LogP contribution in [0.3, 0.4) is 0 Å². The van der Waals surface area contributed by atoms with E-state index in [0.29, 0.717) is 34.6 Å². The topological polar surface area (TPSA) is 107 Å². The number of halogens is 1. The average molecular weight is 407 g/mol. The van der Waals surface area contributed by atoms with Gasteiger partial charge in [-0.15, -0.1) is 12.4 Å². The van der Waals surface area contributed by atoms with Crippen LogP contribution in [0.1, 0.15) is 54.3 Å². The van der Waals surface area contributed by atoms with Crippen molar-refractivity contribution in [2.75, 3.05) is 6.54 Å². The zero-order valence-corrected chi connectivity index (χ0v) is 17.7. The fourth-order valence-electron chi connectivity index (χ4n) is 3.37. The van der Waals surface area contributed by atoms with Crippen molar-refractivity contribution in [1.29, 1.82) is 0 Å². The summed E-state index contributed by atoms with van der Waals surface area (Å²) in [5.41, 5.74) is 8.39. The van der Waals surface area contributed by atoms with Crippen LogP contribution >= 0.6 is 12.4 Å². The molecule has 1 amide bonds. The Morgan fingerprint density at radius 1 is 1.21 bits per heavy atom. The first-order valence-electron chi connectivity index (χ1n) is 9.21. The number of carbonyl (C=O) groups excluding carboxylic acids is 1. The zero-order chi connectivity index (χ0) is 19.8. The summed E-state index contributed by atoms with van der Waals surface area (Å²) in [7, 11) is 0. The maximum atomic E-state index is 13.2. The Morgan fingerprint density at radius 3 is 2.43 bits per heavy atom. The number of carbonyl (C=O) groups is 1. The lowest BCUT2D eigenvalue weighted by Crippen LogP contribution is -2.52. The van der Waals surface area contributed by atoms with Crippen molar-refractivity contribution in [2.24, 2.45) is 5.73 Å². The van der Waals surface area contributed by atoms with E-state index in [1.54, 1.807) is 13.0 Å². The highest BCUT2D eigenvalue weighted by molar-refractivity contribution is 6.07. The number of pyridine rings is 1. The zero-order valence-electron chi connectivity index (χ0n) is 16.9. The molecular weight excluding hydrogens is 380 g/mol. The van der Waals surface area contributed by atoms with E-state index in [2.05, 4.69) is 15.5 Å². The van der Waals surface area contributed by atoms with Gasteiger partial charge < -0.3 is 20.0 Å². The van der Waals surface area contributed by atoms with Crippen molar-refractivity contribution in [3.05, 3.63) is 34.9 Å². The molecule has 0 fully saturated rings. The van der Waals surface area contributed by atoms with Crippen LogP contribution in [-0.4, -0.2) is 28.1 Å². The van der Waals surface area contributed by atoms with Gasteiger partial charge in [-0.2, -0.15) is 0 Å². The van der Waals surface area contributed by atoms with Gasteiger partial charge in [0.2, 0.25) is 0 Å². The van der Waals surface area contributed by atoms with Gasteiger partial charge >= 0.3 is 0 Å². The second-order valence-corrected chi connectivity index (χ2v) is 6.98. The van der Waals surface area contributed by atoms with Gasteiger partial charge in [0.25, 0.3) is 11.6 Å². The first-order chi connectivity index (χ1) is 12.8. The smallest absolute Gasteiger partial charge is 0.259 e. The minimum absolute atomic E-state index is 0. The second kappa shape index (κ2) is 8.32. The molecule has 3 heterocycles. The predicted octanol–water partition coefficient (Wildman–Crippen LogP) is 4.08. The number of furan rings is 1. The van der Waals surface area contributed by atoms with Crippen LogP contribution in [0.2, 0.25) is 0 Å². The van der Waals surface area contributed by atoms with Crippen molar-refractivity contribution in [3.8, 4) is 11.3 Å². The summed E-state index contributed by atoms with van der Waals surface area (Å²) < 4.78 is 11.0. The molecule has 3 aromatic rings. The summed E-state index contributed by atoms with van der Waals surface area (Å²) in [5, 5.41) is 7.73. The van der Waals surface area contributed by atoms with Crippen LogP contribution in [0.4, 0.5) is 0 Å². The van der Waals surface area contributed by atoms with Gasteiger partial charge in [0.15, 0.2) is 0 Å². The molecule has 0 radical (unpaired) electrons. The minimum atomic E-state index is -0.444. The Kier molecular flexibility index (Phi) is 6.52. The molecule has 7 nitrogen and oxygen atoms in total. The third-order valence-corrected chi connectivity index (χ3v) is 5.30. The van der Waals surface area contributed by atoms with E-state index in [0.717, 1.165) is 29.9 Å². The van der Waals surface area contributed by atoms with Crippen molar-refractivity contribution >= 4 is 29.4 Å². The summed E-state index contributed by atoms with van der Waals surface area (Å²) in [6.45, 7) is 9.95. The lowest BCUT2D eigenvalue weighted by atomic mass is 9.92. The average Bonchev–Trinajstić information content (AvgIpc) is 3.20. The largest absolute Gasteiger partial charge is 0.466 e. The highest BCUT2D eigenvalue weighted by Crippen LogP contribution is 2.30. The number of nitrogens with two attached hydrogens (primary N) is 1. The number of hydrogen-bond acceptors (Lipinski definition) is 6. The fourth-order valence-corrected chi connectivity index (χ4v) is 3.37. The summed E-state index contributed by atoms with van der Waals surface area (Å²) in [5.74, 6) is 1.31. The number of nitrogens with zero attached hydrogens (tertiary/aromatic N) is 2. The van der Waals surface area contributed by atoms with Crippen LogP contribution in [0, 0.1) is 20.8 Å². The van der Waals surface area contributed by atoms with Crippen molar-refractivity contribution in [3.63, 3.8) is 0 Å². The second-order valence-electron chi connectivity index (χ2n) is 6.98. The van der Waals surface area contributed by atoms with E-state index < -0.39 is 5.54 Å². The normalized spacial score (nSPS) is 11.5. The minimum Gasteiger partial charge on any atom is -0.466 e. The van der Waals surface area contributed by atoms with Gasteiger partial charge in [0.1, 0.15) is 11.5 Å².